The number of hydrogen-bond acceptors (Lipinski definition) is 6. The molecule has 0 aliphatic carbocycles. The van der Waals surface area contributed by atoms with Crippen LogP contribution in [0.3, 0.4) is 0 Å². The molecule has 1 atom stereocenters. The third kappa shape index (κ3) is 5.57. The zero-order valence-electron chi connectivity index (χ0n) is 19.4. The number of halogens is 3. The topological polar surface area (TPSA) is 79.4 Å². The molecule has 178 valence electrons. The average molecular weight is 463 g/mol. The number of aryl methyl sites for hydroxylation is 1. The molecule has 0 radical (unpaired) electrons. The average Bonchev–Trinajstić information content (AvgIpc) is 2.74. The van der Waals surface area contributed by atoms with E-state index in [1.165, 1.54) is 17.8 Å². The van der Waals surface area contributed by atoms with Crippen molar-refractivity contribution < 1.29 is 13.2 Å². The van der Waals surface area contributed by atoms with Gasteiger partial charge in [0.2, 0.25) is 0 Å². The van der Waals surface area contributed by atoms with Gasteiger partial charge in [-0.2, -0.15) is 18.3 Å². The highest BCUT2D eigenvalue weighted by Gasteiger charge is 2.31. The number of nitrogens with one attached hydrogen (secondary N) is 1. The Balaban J connectivity index is 2.02. The van der Waals surface area contributed by atoms with Crippen molar-refractivity contribution in [2.45, 2.75) is 19.1 Å². The van der Waals surface area contributed by atoms with Crippen LogP contribution in [0.4, 0.5) is 30.4 Å². The highest BCUT2D eigenvalue weighted by atomic mass is 19.4. The van der Waals surface area contributed by atoms with Crippen molar-refractivity contribution in [3.63, 3.8) is 0 Å². The third-order valence-electron chi connectivity index (χ3n) is 5.51. The number of aromatic nitrogens is 2. The molecule has 0 saturated heterocycles. The summed E-state index contributed by atoms with van der Waals surface area (Å²) >= 11 is 0. The van der Waals surface area contributed by atoms with E-state index < -0.39 is 17.8 Å². The second-order valence-corrected chi connectivity index (χ2v) is 8.48. The van der Waals surface area contributed by atoms with Crippen LogP contribution in [0.15, 0.2) is 41.2 Å². The lowest BCUT2D eigenvalue weighted by Gasteiger charge is -2.23. The van der Waals surface area contributed by atoms with Gasteiger partial charge in [-0.25, -0.2) is 4.68 Å². The summed E-state index contributed by atoms with van der Waals surface area (Å²) in [6.07, 6.45) is -4.50. The van der Waals surface area contributed by atoms with Crippen molar-refractivity contribution in [2.75, 3.05) is 50.2 Å². The molecule has 1 heterocycles. The Morgan fingerprint density at radius 1 is 1.09 bits per heavy atom. The second-order valence-electron chi connectivity index (χ2n) is 8.48. The first-order chi connectivity index (χ1) is 15.4. The SMILES string of the molecule is C[C@@H](Nc1nn(C)c(=O)c2ccc(N(C)CCN(C)C)cc12)c1cc(N)cc(C(F)(F)F)c1. The standard InChI is InChI=1S/C23H29F3N6O/c1-14(15-10-16(23(24,25)26)12-17(27)11-15)28-21-20-13-18(31(4)9-8-30(2)3)6-7-19(20)22(33)32(5)29-21/h6-7,10-14H,8-9,27H2,1-5H3,(H,28,29)/t14-/m1/s1. The van der Waals surface area contributed by atoms with Crippen LogP contribution in [0, 0.1) is 0 Å². The number of benzene rings is 2. The Bertz CT molecular complexity index is 1210. The minimum Gasteiger partial charge on any atom is -0.399 e. The molecular formula is C23H29F3N6O. The summed E-state index contributed by atoms with van der Waals surface area (Å²) in [6.45, 7) is 3.35. The van der Waals surface area contributed by atoms with Gasteiger partial charge < -0.3 is 20.9 Å². The number of nitrogen functional groups attached to an aromatic ring is 1. The lowest BCUT2D eigenvalue weighted by atomic mass is 10.0. The predicted octanol–water partition coefficient (Wildman–Crippen LogP) is 3.71. The Morgan fingerprint density at radius 3 is 2.42 bits per heavy atom. The van der Waals surface area contributed by atoms with Crippen LogP contribution >= 0.6 is 0 Å². The number of alkyl halides is 3. The Hall–Kier alpha value is -3.27. The number of anilines is 3. The van der Waals surface area contributed by atoms with Crippen LogP contribution in [0.2, 0.25) is 0 Å². The minimum absolute atomic E-state index is 0.0246. The molecule has 0 fully saturated rings. The molecule has 0 unspecified atom stereocenters. The maximum Gasteiger partial charge on any atom is 0.416 e. The molecule has 33 heavy (non-hydrogen) atoms. The number of rotatable bonds is 7. The van der Waals surface area contributed by atoms with Crippen LogP contribution in [-0.4, -0.2) is 48.9 Å². The highest BCUT2D eigenvalue weighted by Crippen LogP contribution is 2.34. The first-order valence-electron chi connectivity index (χ1n) is 10.5. The van der Waals surface area contributed by atoms with Crippen molar-refractivity contribution in [1.82, 2.24) is 14.7 Å². The van der Waals surface area contributed by atoms with Crippen molar-refractivity contribution >= 4 is 28.0 Å². The summed E-state index contributed by atoms with van der Waals surface area (Å²) in [5, 5.41) is 8.58. The summed E-state index contributed by atoms with van der Waals surface area (Å²) in [4.78, 5) is 16.8. The van der Waals surface area contributed by atoms with E-state index in [-0.39, 0.29) is 11.2 Å². The first-order valence-corrected chi connectivity index (χ1v) is 10.5. The molecule has 0 saturated carbocycles. The quantitative estimate of drug-likeness (QED) is 0.522. The molecular weight excluding hydrogens is 433 g/mol. The number of hydrogen-bond donors (Lipinski definition) is 2. The predicted molar refractivity (Wildman–Crippen MR) is 127 cm³/mol. The highest BCUT2D eigenvalue weighted by molar-refractivity contribution is 5.93. The van der Waals surface area contributed by atoms with Gasteiger partial charge in [-0.05, 0) is 63.0 Å². The van der Waals surface area contributed by atoms with E-state index in [4.69, 9.17) is 5.73 Å². The molecule has 0 bridgehead atoms. The van der Waals surface area contributed by atoms with E-state index >= 15 is 0 Å². The smallest absolute Gasteiger partial charge is 0.399 e. The Morgan fingerprint density at radius 2 is 1.79 bits per heavy atom. The molecule has 0 amide bonds. The number of likely N-dealkylation sites (N-methyl/N-ethyl adjacent to an activating group) is 2. The van der Waals surface area contributed by atoms with Gasteiger partial charge in [0.25, 0.3) is 5.56 Å². The van der Waals surface area contributed by atoms with Crippen LogP contribution in [0.1, 0.15) is 24.1 Å². The second kappa shape index (κ2) is 9.30. The Kier molecular flexibility index (Phi) is 6.87. The van der Waals surface area contributed by atoms with E-state index in [9.17, 15) is 18.0 Å². The van der Waals surface area contributed by atoms with E-state index in [0.29, 0.717) is 22.2 Å². The number of nitrogens with two attached hydrogens (primary N) is 1. The summed E-state index contributed by atoms with van der Waals surface area (Å²) in [5.41, 5.74) is 5.95. The van der Waals surface area contributed by atoms with Crippen molar-refractivity contribution in [1.29, 1.82) is 0 Å². The lowest BCUT2D eigenvalue weighted by Crippen LogP contribution is -2.28. The van der Waals surface area contributed by atoms with Gasteiger partial charge in [0.05, 0.1) is 17.0 Å². The van der Waals surface area contributed by atoms with Gasteiger partial charge in [0, 0.05) is 43.9 Å². The fourth-order valence-electron chi connectivity index (χ4n) is 3.54. The lowest BCUT2D eigenvalue weighted by molar-refractivity contribution is -0.137. The summed E-state index contributed by atoms with van der Waals surface area (Å²) in [6, 6.07) is 8.42. The Labute approximate surface area is 190 Å². The van der Waals surface area contributed by atoms with Crippen LogP contribution in [0.5, 0.6) is 0 Å². The van der Waals surface area contributed by atoms with E-state index in [0.717, 1.165) is 30.9 Å². The zero-order valence-corrected chi connectivity index (χ0v) is 19.4. The van der Waals surface area contributed by atoms with Crippen molar-refractivity contribution in [3.05, 3.63) is 57.9 Å². The maximum atomic E-state index is 13.2. The molecule has 10 heteroatoms. The van der Waals surface area contributed by atoms with Crippen molar-refractivity contribution in [2.24, 2.45) is 7.05 Å². The normalized spacial score (nSPS) is 12.9. The molecule has 2 aromatic carbocycles. The first kappa shape index (κ1) is 24.4. The van der Waals surface area contributed by atoms with Gasteiger partial charge in [-0.3, -0.25) is 4.79 Å². The van der Waals surface area contributed by atoms with Crippen LogP contribution in [-0.2, 0) is 13.2 Å². The maximum absolute atomic E-state index is 13.2. The van der Waals surface area contributed by atoms with Crippen LogP contribution < -0.4 is 21.5 Å². The van der Waals surface area contributed by atoms with Crippen LogP contribution in [0.25, 0.3) is 10.8 Å². The van der Waals surface area contributed by atoms with E-state index in [1.54, 1.807) is 13.0 Å². The monoisotopic (exact) mass is 462 g/mol. The molecule has 3 aromatic rings. The molecule has 0 spiro atoms. The summed E-state index contributed by atoms with van der Waals surface area (Å²) in [7, 11) is 7.48. The molecule has 0 aliphatic rings. The van der Waals surface area contributed by atoms with Gasteiger partial charge in [-0.15, -0.1) is 0 Å². The van der Waals surface area contributed by atoms with E-state index in [2.05, 4.69) is 20.2 Å². The molecule has 3 rings (SSSR count). The number of fused-ring (bicyclic) bond motifs is 1. The fourth-order valence-corrected chi connectivity index (χ4v) is 3.54. The number of nitrogens with zero attached hydrogens (tertiary/aromatic N) is 4. The minimum atomic E-state index is -4.50. The molecule has 0 aliphatic heterocycles. The van der Waals surface area contributed by atoms with Crippen molar-refractivity contribution in [3.8, 4) is 0 Å². The summed E-state index contributed by atoms with van der Waals surface area (Å²) < 4.78 is 40.9. The summed E-state index contributed by atoms with van der Waals surface area (Å²) in [5.74, 6) is 0.401. The van der Waals surface area contributed by atoms with E-state index in [1.807, 2.05) is 33.3 Å². The van der Waals surface area contributed by atoms with Gasteiger partial charge in [-0.1, -0.05) is 0 Å². The fraction of sp³-hybridized carbons (Fsp3) is 0.391. The third-order valence-corrected chi connectivity index (χ3v) is 5.51. The van der Waals surface area contributed by atoms with Gasteiger partial charge in [0.15, 0.2) is 5.82 Å². The molecule has 7 nitrogen and oxygen atoms in total. The van der Waals surface area contributed by atoms with Gasteiger partial charge >= 0.3 is 6.18 Å². The largest absolute Gasteiger partial charge is 0.416 e. The molecule has 3 N–H and O–H groups in total. The van der Waals surface area contributed by atoms with Gasteiger partial charge in [0.1, 0.15) is 0 Å². The zero-order chi connectivity index (χ0) is 24.5. The molecule has 1 aromatic heterocycles.